The topological polar surface area (TPSA) is 64.3 Å². The normalized spacial score (nSPS) is 11.8. The maximum atomic E-state index is 12.3. The molecule has 0 aliphatic rings. The molecule has 2 aromatic carbocycles. The molecule has 0 aromatic heterocycles. The van der Waals surface area contributed by atoms with Gasteiger partial charge in [-0.15, -0.1) is 0 Å². The van der Waals surface area contributed by atoms with Gasteiger partial charge >= 0.3 is 0 Å². The van der Waals surface area contributed by atoms with E-state index < -0.39 is 6.04 Å². The van der Waals surface area contributed by atoms with E-state index in [1.165, 1.54) is 0 Å². The fraction of sp³-hybridized carbons (Fsp3) is 0.235. The Hall–Kier alpha value is -2.33. The second-order valence-corrected chi connectivity index (χ2v) is 4.81. The standard InChI is InChI=1S/C17H20N2O2/c1-3-21-15-11-12(2)9-10-14(15)19-17(20)16(18)13-7-5-4-6-8-13/h4-11,16H,3,18H2,1-2H3,(H,19,20). The minimum absolute atomic E-state index is 0.258. The highest BCUT2D eigenvalue weighted by molar-refractivity contribution is 5.96. The van der Waals surface area contributed by atoms with E-state index >= 15 is 0 Å². The quantitative estimate of drug-likeness (QED) is 0.887. The summed E-state index contributed by atoms with van der Waals surface area (Å²) in [5, 5.41) is 2.83. The van der Waals surface area contributed by atoms with Gasteiger partial charge in [-0.25, -0.2) is 0 Å². The molecule has 0 saturated carbocycles. The van der Waals surface area contributed by atoms with Crippen molar-refractivity contribution in [2.75, 3.05) is 11.9 Å². The summed E-state index contributed by atoms with van der Waals surface area (Å²) in [7, 11) is 0. The molecule has 110 valence electrons. The molecule has 1 unspecified atom stereocenters. The molecule has 0 spiro atoms. The molecule has 0 aliphatic carbocycles. The van der Waals surface area contributed by atoms with Crippen LogP contribution in [-0.4, -0.2) is 12.5 Å². The molecule has 0 heterocycles. The Bertz CT molecular complexity index is 611. The Morgan fingerprint density at radius 1 is 1.24 bits per heavy atom. The number of hydrogen-bond acceptors (Lipinski definition) is 3. The summed E-state index contributed by atoms with van der Waals surface area (Å²) in [6.07, 6.45) is 0. The Morgan fingerprint density at radius 3 is 2.62 bits per heavy atom. The van der Waals surface area contributed by atoms with Crippen LogP contribution in [0.1, 0.15) is 24.1 Å². The van der Waals surface area contributed by atoms with Crippen molar-refractivity contribution in [2.45, 2.75) is 19.9 Å². The summed E-state index contributed by atoms with van der Waals surface area (Å²) in [5.74, 6) is 0.400. The lowest BCUT2D eigenvalue weighted by Crippen LogP contribution is -2.27. The van der Waals surface area contributed by atoms with E-state index in [-0.39, 0.29) is 5.91 Å². The highest BCUT2D eigenvalue weighted by atomic mass is 16.5. The van der Waals surface area contributed by atoms with Gasteiger partial charge in [0, 0.05) is 0 Å². The van der Waals surface area contributed by atoms with Crippen molar-refractivity contribution in [3.05, 3.63) is 59.7 Å². The maximum Gasteiger partial charge on any atom is 0.245 e. The van der Waals surface area contributed by atoms with Gasteiger partial charge in [0.1, 0.15) is 11.8 Å². The summed E-state index contributed by atoms with van der Waals surface area (Å²) in [6, 6.07) is 14.2. The number of carbonyl (C=O) groups excluding carboxylic acids is 1. The van der Waals surface area contributed by atoms with E-state index in [1.807, 2.05) is 62.4 Å². The van der Waals surface area contributed by atoms with Crippen LogP contribution in [-0.2, 0) is 4.79 Å². The second kappa shape index (κ2) is 6.90. The monoisotopic (exact) mass is 284 g/mol. The van der Waals surface area contributed by atoms with Gasteiger partial charge in [0.2, 0.25) is 5.91 Å². The van der Waals surface area contributed by atoms with Crippen LogP contribution in [0.3, 0.4) is 0 Å². The van der Waals surface area contributed by atoms with Crippen LogP contribution in [0, 0.1) is 6.92 Å². The van der Waals surface area contributed by atoms with Crippen molar-refractivity contribution in [3.63, 3.8) is 0 Å². The van der Waals surface area contributed by atoms with Crippen LogP contribution in [0.25, 0.3) is 0 Å². The number of aryl methyl sites for hydroxylation is 1. The molecule has 0 aliphatic heterocycles. The number of anilines is 1. The van der Waals surface area contributed by atoms with Gasteiger partial charge in [0.05, 0.1) is 12.3 Å². The molecule has 1 atom stereocenters. The summed E-state index contributed by atoms with van der Waals surface area (Å²) in [5.41, 5.74) is 8.48. The molecule has 1 amide bonds. The number of rotatable bonds is 5. The van der Waals surface area contributed by atoms with Crippen LogP contribution in [0.5, 0.6) is 5.75 Å². The van der Waals surface area contributed by atoms with Crippen LogP contribution in [0.15, 0.2) is 48.5 Å². The molecule has 21 heavy (non-hydrogen) atoms. The van der Waals surface area contributed by atoms with Crippen molar-refractivity contribution in [1.29, 1.82) is 0 Å². The summed E-state index contributed by atoms with van der Waals surface area (Å²) < 4.78 is 5.55. The maximum absolute atomic E-state index is 12.3. The first kappa shape index (κ1) is 15.1. The molecule has 0 bridgehead atoms. The predicted octanol–water partition coefficient (Wildman–Crippen LogP) is 3.03. The molecule has 0 fully saturated rings. The first-order chi connectivity index (χ1) is 10.1. The number of nitrogens with two attached hydrogens (primary N) is 1. The van der Waals surface area contributed by atoms with Crippen LogP contribution < -0.4 is 15.8 Å². The van der Waals surface area contributed by atoms with Crippen molar-refractivity contribution in [1.82, 2.24) is 0 Å². The lowest BCUT2D eigenvalue weighted by atomic mass is 10.1. The van der Waals surface area contributed by atoms with Gasteiger partial charge in [-0.1, -0.05) is 36.4 Å². The zero-order chi connectivity index (χ0) is 15.2. The summed E-state index contributed by atoms with van der Waals surface area (Å²) in [4.78, 5) is 12.3. The highest BCUT2D eigenvalue weighted by Gasteiger charge is 2.17. The molecule has 2 rings (SSSR count). The Kier molecular flexibility index (Phi) is 4.95. The number of nitrogens with one attached hydrogen (secondary N) is 1. The van der Waals surface area contributed by atoms with E-state index in [0.717, 1.165) is 11.1 Å². The number of hydrogen-bond donors (Lipinski definition) is 2. The van der Waals surface area contributed by atoms with Crippen LogP contribution in [0.2, 0.25) is 0 Å². The lowest BCUT2D eigenvalue weighted by Gasteiger charge is -2.15. The highest BCUT2D eigenvalue weighted by Crippen LogP contribution is 2.26. The number of benzene rings is 2. The zero-order valence-electron chi connectivity index (χ0n) is 12.3. The van der Waals surface area contributed by atoms with Crippen LogP contribution >= 0.6 is 0 Å². The minimum atomic E-state index is -0.707. The van der Waals surface area contributed by atoms with Gasteiger partial charge in [0.25, 0.3) is 0 Å². The largest absolute Gasteiger partial charge is 0.492 e. The van der Waals surface area contributed by atoms with Gasteiger partial charge in [0.15, 0.2) is 0 Å². The van der Waals surface area contributed by atoms with Gasteiger partial charge in [-0.05, 0) is 37.1 Å². The average molecular weight is 284 g/mol. The Balaban J connectivity index is 2.16. The third-order valence-corrected chi connectivity index (χ3v) is 3.14. The lowest BCUT2D eigenvalue weighted by molar-refractivity contribution is -0.117. The van der Waals surface area contributed by atoms with Gasteiger partial charge in [-0.2, -0.15) is 0 Å². The van der Waals surface area contributed by atoms with Crippen molar-refractivity contribution >= 4 is 11.6 Å². The molecular weight excluding hydrogens is 264 g/mol. The molecule has 0 radical (unpaired) electrons. The third-order valence-electron chi connectivity index (χ3n) is 3.14. The average Bonchev–Trinajstić information content (AvgIpc) is 2.50. The molecule has 3 N–H and O–H groups in total. The van der Waals surface area contributed by atoms with Crippen molar-refractivity contribution in [2.24, 2.45) is 5.73 Å². The Labute approximate surface area is 124 Å². The predicted molar refractivity (Wildman–Crippen MR) is 84.3 cm³/mol. The third kappa shape index (κ3) is 3.83. The molecule has 4 nitrogen and oxygen atoms in total. The van der Waals surface area contributed by atoms with Crippen LogP contribution in [0.4, 0.5) is 5.69 Å². The fourth-order valence-corrected chi connectivity index (χ4v) is 2.03. The van der Waals surface area contributed by atoms with Gasteiger partial charge in [-0.3, -0.25) is 4.79 Å². The molecule has 4 heteroatoms. The molecular formula is C17H20N2O2. The van der Waals surface area contributed by atoms with Crippen molar-refractivity contribution in [3.8, 4) is 5.75 Å². The molecule has 2 aromatic rings. The second-order valence-electron chi connectivity index (χ2n) is 4.81. The summed E-state index contributed by atoms with van der Waals surface area (Å²) >= 11 is 0. The Morgan fingerprint density at radius 2 is 1.95 bits per heavy atom. The van der Waals surface area contributed by atoms with E-state index in [0.29, 0.717) is 18.0 Å². The number of carbonyl (C=O) groups is 1. The van der Waals surface area contributed by atoms with E-state index in [4.69, 9.17) is 10.5 Å². The zero-order valence-corrected chi connectivity index (χ0v) is 12.3. The van der Waals surface area contributed by atoms with E-state index in [1.54, 1.807) is 0 Å². The smallest absolute Gasteiger partial charge is 0.245 e. The number of amides is 1. The fourth-order valence-electron chi connectivity index (χ4n) is 2.03. The van der Waals surface area contributed by atoms with E-state index in [2.05, 4.69) is 5.32 Å². The first-order valence-corrected chi connectivity index (χ1v) is 6.96. The minimum Gasteiger partial charge on any atom is -0.492 e. The van der Waals surface area contributed by atoms with Gasteiger partial charge < -0.3 is 15.8 Å². The SMILES string of the molecule is CCOc1cc(C)ccc1NC(=O)C(N)c1ccccc1. The number of ether oxygens (including phenoxy) is 1. The first-order valence-electron chi connectivity index (χ1n) is 6.96. The molecule has 0 saturated heterocycles. The van der Waals surface area contributed by atoms with E-state index in [9.17, 15) is 4.79 Å². The van der Waals surface area contributed by atoms with Crippen molar-refractivity contribution < 1.29 is 9.53 Å². The summed E-state index contributed by atoms with van der Waals surface area (Å²) in [6.45, 7) is 4.42.